The number of nitrogens with two attached hydrogens (primary N) is 1. The summed E-state index contributed by atoms with van der Waals surface area (Å²) in [6.07, 6.45) is 1.87. The minimum absolute atomic E-state index is 0.200. The zero-order valence-corrected chi connectivity index (χ0v) is 10.4. The van der Waals surface area contributed by atoms with Crippen LogP contribution < -0.4 is 5.73 Å². The van der Waals surface area contributed by atoms with E-state index in [1.165, 1.54) is 12.1 Å². The molecule has 3 rings (SSSR count). The molecule has 2 aromatic rings. The maximum absolute atomic E-state index is 13.3. The molecule has 94 valence electrons. The molecule has 0 saturated carbocycles. The summed E-state index contributed by atoms with van der Waals surface area (Å²) >= 11 is 0. The molecular weight excluding hydrogens is 229 g/mol. The van der Waals surface area contributed by atoms with Crippen LogP contribution in [0.4, 0.5) is 4.39 Å². The van der Waals surface area contributed by atoms with Crippen LogP contribution in [0, 0.1) is 12.7 Å². The van der Waals surface area contributed by atoms with Crippen molar-refractivity contribution in [2.24, 2.45) is 5.73 Å². The van der Waals surface area contributed by atoms with Gasteiger partial charge < -0.3 is 10.3 Å². The van der Waals surface area contributed by atoms with Gasteiger partial charge in [-0.3, -0.25) is 0 Å². The van der Waals surface area contributed by atoms with Gasteiger partial charge in [-0.2, -0.15) is 0 Å². The van der Waals surface area contributed by atoms with Crippen molar-refractivity contribution in [1.29, 1.82) is 0 Å². The van der Waals surface area contributed by atoms with Gasteiger partial charge in [-0.1, -0.05) is 12.1 Å². The molecule has 1 aliphatic rings. The van der Waals surface area contributed by atoms with Crippen molar-refractivity contribution >= 4 is 0 Å². The Hall–Kier alpha value is -1.68. The van der Waals surface area contributed by atoms with Crippen LogP contribution in [0.2, 0.25) is 0 Å². The van der Waals surface area contributed by atoms with Gasteiger partial charge in [0, 0.05) is 30.3 Å². The number of halogens is 1. The van der Waals surface area contributed by atoms with Crippen LogP contribution in [0.1, 0.15) is 17.9 Å². The number of hydrogen-bond donors (Lipinski definition) is 1. The van der Waals surface area contributed by atoms with Gasteiger partial charge >= 0.3 is 0 Å². The number of benzene rings is 1. The van der Waals surface area contributed by atoms with Gasteiger partial charge in [0.15, 0.2) is 0 Å². The molecule has 18 heavy (non-hydrogen) atoms. The zero-order chi connectivity index (χ0) is 12.7. The zero-order valence-electron chi connectivity index (χ0n) is 10.4. The van der Waals surface area contributed by atoms with Crippen LogP contribution in [0.5, 0.6) is 0 Å². The number of nitrogens with zero attached hydrogens (tertiary/aromatic N) is 2. The standard InChI is InChI=1S/C14H16FN3/c1-9-14(10-3-2-4-11(15)7-10)17-13-6-5-12(16)8-18(9)13/h2-4,7,12H,5-6,8,16H2,1H3. The molecule has 1 aromatic heterocycles. The molecule has 1 aromatic carbocycles. The fourth-order valence-electron chi connectivity index (χ4n) is 2.57. The normalized spacial score (nSPS) is 18.7. The summed E-state index contributed by atoms with van der Waals surface area (Å²) < 4.78 is 15.4. The number of aromatic nitrogens is 2. The van der Waals surface area contributed by atoms with E-state index in [1.54, 1.807) is 6.07 Å². The van der Waals surface area contributed by atoms with Crippen molar-refractivity contribution in [2.75, 3.05) is 0 Å². The first kappa shape index (κ1) is 11.4. The topological polar surface area (TPSA) is 43.8 Å². The molecule has 1 aliphatic heterocycles. The van der Waals surface area contributed by atoms with Crippen LogP contribution in [-0.2, 0) is 13.0 Å². The van der Waals surface area contributed by atoms with Crippen molar-refractivity contribution < 1.29 is 4.39 Å². The maximum atomic E-state index is 13.3. The summed E-state index contributed by atoms with van der Waals surface area (Å²) in [7, 11) is 0. The summed E-state index contributed by atoms with van der Waals surface area (Å²) in [6, 6.07) is 6.79. The largest absolute Gasteiger partial charge is 0.330 e. The average molecular weight is 245 g/mol. The second-order valence-electron chi connectivity index (χ2n) is 4.88. The van der Waals surface area contributed by atoms with Gasteiger partial charge in [0.05, 0.1) is 5.69 Å². The Morgan fingerprint density at radius 3 is 3.06 bits per heavy atom. The minimum Gasteiger partial charge on any atom is -0.330 e. The van der Waals surface area contributed by atoms with E-state index in [0.29, 0.717) is 0 Å². The van der Waals surface area contributed by atoms with Crippen LogP contribution >= 0.6 is 0 Å². The van der Waals surface area contributed by atoms with E-state index in [0.717, 1.165) is 42.2 Å². The third-order valence-electron chi connectivity index (χ3n) is 3.55. The quantitative estimate of drug-likeness (QED) is 0.837. The number of aryl methyl sites for hydroxylation is 1. The smallest absolute Gasteiger partial charge is 0.123 e. The maximum Gasteiger partial charge on any atom is 0.123 e. The summed E-state index contributed by atoms with van der Waals surface area (Å²) in [6.45, 7) is 2.83. The van der Waals surface area contributed by atoms with Crippen LogP contribution in [0.25, 0.3) is 11.3 Å². The van der Waals surface area contributed by atoms with Gasteiger partial charge in [-0.15, -0.1) is 0 Å². The van der Waals surface area contributed by atoms with Gasteiger partial charge in [0.25, 0.3) is 0 Å². The fourth-order valence-corrected chi connectivity index (χ4v) is 2.57. The lowest BCUT2D eigenvalue weighted by molar-refractivity contribution is 0.448. The summed E-state index contributed by atoms with van der Waals surface area (Å²) in [5, 5.41) is 0. The second kappa shape index (κ2) is 4.21. The number of hydrogen-bond acceptors (Lipinski definition) is 2. The molecule has 2 N–H and O–H groups in total. The molecule has 3 nitrogen and oxygen atoms in total. The SMILES string of the molecule is Cc1c(-c2cccc(F)c2)nc2n1CC(N)CC2. The predicted molar refractivity (Wildman–Crippen MR) is 68.7 cm³/mol. The Morgan fingerprint density at radius 2 is 2.28 bits per heavy atom. The summed E-state index contributed by atoms with van der Waals surface area (Å²) in [5.41, 5.74) is 8.77. The van der Waals surface area contributed by atoms with Gasteiger partial charge in [-0.25, -0.2) is 9.37 Å². The molecule has 1 atom stereocenters. The molecule has 0 aliphatic carbocycles. The highest BCUT2D eigenvalue weighted by atomic mass is 19.1. The van der Waals surface area contributed by atoms with Gasteiger partial charge in [0.1, 0.15) is 11.6 Å². The molecule has 1 unspecified atom stereocenters. The fraction of sp³-hybridized carbons (Fsp3) is 0.357. The second-order valence-corrected chi connectivity index (χ2v) is 4.88. The Bertz CT molecular complexity index is 589. The number of imidazole rings is 1. The average Bonchev–Trinajstić information content (AvgIpc) is 2.67. The molecule has 4 heteroatoms. The Kier molecular flexibility index (Phi) is 2.67. The van der Waals surface area contributed by atoms with E-state index < -0.39 is 0 Å². The highest BCUT2D eigenvalue weighted by Crippen LogP contribution is 2.27. The molecule has 0 amide bonds. The predicted octanol–water partition coefficient (Wildman–Crippen LogP) is 2.27. The van der Waals surface area contributed by atoms with Gasteiger partial charge in [0.2, 0.25) is 0 Å². The van der Waals surface area contributed by atoms with E-state index in [1.807, 2.05) is 13.0 Å². The minimum atomic E-state index is -0.227. The highest BCUT2D eigenvalue weighted by molar-refractivity contribution is 5.62. The third-order valence-corrected chi connectivity index (χ3v) is 3.55. The molecule has 2 heterocycles. The molecule has 0 saturated heterocycles. The lowest BCUT2D eigenvalue weighted by Crippen LogP contribution is -2.32. The van der Waals surface area contributed by atoms with E-state index in [9.17, 15) is 4.39 Å². The first-order valence-electron chi connectivity index (χ1n) is 6.22. The molecule has 0 bridgehead atoms. The summed E-state index contributed by atoms with van der Waals surface area (Å²) in [4.78, 5) is 4.64. The van der Waals surface area contributed by atoms with E-state index >= 15 is 0 Å². The Morgan fingerprint density at radius 1 is 1.44 bits per heavy atom. The number of rotatable bonds is 1. The molecule has 0 fully saturated rings. The van der Waals surface area contributed by atoms with Crippen LogP contribution in [-0.4, -0.2) is 15.6 Å². The molecule has 0 radical (unpaired) electrons. The summed E-state index contributed by atoms with van der Waals surface area (Å²) in [5.74, 6) is 0.836. The Balaban J connectivity index is 2.09. The lowest BCUT2D eigenvalue weighted by Gasteiger charge is -2.21. The monoisotopic (exact) mass is 245 g/mol. The van der Waals surface area contributed by atoms with E-state index in [-0.39, 0.29) is 11.9 Å². The Labute approximate surface area is 105 Å². The third kappa shape index (κ3) is 1.82. The molecular formula is C14H16FN3. The van der Waals surface area contributed by atoms with Crippen molar-refractivity contribution in [1.82, 2.24) is 9.55 Å². The highest BCUT2D eigenvalue weighted by Gasteiger charge is 2.21. The van der Waals surface area contributed by atoms with Crippen molar-refractivity contribution in [3.8, 4) is 11.3 Å². The van der Waals surface area contributed by atoms with Crippen molar-refractivity contribution in [3.05, 3.63) is 41.6 Å². The first-order chi connectivity index (χ1) is 8.65. The van der Waals surface area contributed by atoms with Crippen LogP contribution in [0.15, 0.2) is 24.3 Å². The van der Waals surface area contributed by atoms with Gasteiger partial charge in [-0.05, 0) is 25.5 Å². The van der Waals surface area contributed by atoms with E-state index in [2.05, 4.69) is 9.55 Å². The molecule has 0 spiro atoms. The van der Waals surface area contributed by atoms with Crippen LogP contribution in [0.3, 0.4) is 0 Å². The van der Waals surface area contributed by atoms with Crippen molar-refractivity contribution in [2.45, 2.75) is 32.4 Å². The number of fused-ring (bicyclic) bond motifs is 1. The van der Waals surface area contributed by atoms with Crippen molar-refractivity contribution in [3.63, 3.8) is 0 Å². The van der Waals surface area contributed by atoms with E-state index in [4.69, 9.17) is 5.73 Å². The lowest BCUT2D eigenvalue weighted by atomic mass is 10.1. The first-order valence-corrected chi connectivity index (χ1v) is 6.22.